The molecule has 1 aromatic heterocycles. The van der Waals surface area contributed by atoms with Crippen LogP contribution in [0.5, 0.6) is 23.0 Å². The Morgan fingerprint density at radius 1 is 0.896 bits per heavy atom. The molecule has 262 valence electrons. The predicted molar refractivity (Wildman–Crippen MR) is 167 cm³/mol. The molecule has 0 unspecified atom stereocenters. The molecular formula is C33H40O15. The maximum Gasteiger partial charge on any atom is 0.239 e. The monoisotopic (exact) mass is 676 g/mol. The topological polar surface area (TPSA) is 238 Å². The van der Waals surface area contributed by atoms with E-state index in [0.717, 1.165) is 11.6 Å². The zero-order chi connectivity index (χ0) is 35.0. The van der Waals surface area contributed by atoms with Crippen molar-refractivity contribution in [1.29, 1.82) is 0 Å². The molecular weight excluding hydrogens is 636 g/mol. The highest BCUT2D eigenvalue weighted by Gasteiger charge is 2.51. The van der Waals surface area contributed by atoms with Crippen LogP contribution in [0, 0.1) is 0 Å². The summed E-state index contributed by atoms with van der Waals surface area (Å²) in [5, 5.41) is 83.7. The standard InChI is InChI=1S/C33H40O15/c1-13(2)5-10-17-18(35)11-19(36)21-24(39)30(28(46-29(17)21)15-6-8-16(43-4)9-7-15)47-33-31(26(41)22(37)14(3)44-33)48-32-27(42)25(40)23(38)20(12-34)45-32/h5-9,11,14,20,22-23,25-27,31-38,40-42H,10,12H2,1-4H3/t14-,20+,22+,23+,25-,26-,27+,31-,32-,33+/m0/s1. The number of rotatable bonds is 9. The average Bonchev–Trinajstić information content (AvgIpc) is 3.05. The molecule has 5 rings (SSSR count). The van der Waals surface area contributed by atoms with Gasteiger partial charge in [0.1, 0.15) is 64.8 Å². The molecule has 0 spiro atoms. The summed E-state index contributed by atoms with van der Waals surface area (Å²) in [7, 11) is 1.47. The largest absolute Gasteiger partial charge is 0.507 e. The Balaban J connectivity index is 1.65. The summed E-state index contributed by atoms with van der Waals surface area (Å²) in [6, 6.07) is 7.34. The van der Waals surface area contributed by atoms with Crippen LogP contribution in [-0.2, 0) is 20.6 Å². The first-order valence-electron chi connectivity index (χ1n) is 15.2. The Labute approximate surface area is 274 Å². The minimum absolute atomic E-state index is 0.115. The third-order valence-corrected chi connectivity index (χ3v) is 8.41. The number of hydrogen-bond acceptors (Lipinski definition) is 15. The van der Waals surface area contributed by atoms with Crippen LogP contribution in [0.25, 0.3) is 22.3 Å². The number of aliphatic hydroxyl groups is 6. The summed E-state index contributed by atoms with van der Waals surface area (Å²) in [5.74, 6) is -1.11. The number of aliphatic hydroxyl groups excluding tert-OH is 6. The Kier molecular flexibility index (Phi) is 10.6. The van der Waals surface area contributed by atoms with Crippen LogP contribution in [0.1, 0.15) is 26.3 Å². The highest BCUT2D eigenvalue weighted by molar-refractivity contribution is 5.91. The molecule has 15 nitrogen and oxygen atoms in total. The molecule has 3 heterocycles. The van der Waals surface area contributed by atoms with Gasteiger partial charge in [-0.05, 0) is 51.5 Å². The number of hydrogen-bond donors (Lipinski definition) is 8. The van der Waals surface area contributed by atoms with Gasteiger partial charge in [0, 0.05) is 17.2 Å². The van der Waals surface area contributed by atoms with E-state index in [1.807, 2.05) is 13.8 Å². The number of benzene rings is 2. The van der Waals surface area contributed by atoms with Crippen molar-refractivity contribution in [1.82, 2.24) is 0 Å². The fourth-order valence-corrected chi connectivity index (χ4v) is 5.61. The van der Waals surface area contributed by atoms with Crippen molar-refractivity contribution in [2.24, 2.45) is 0 Å². The lowest BCUT2D eigenvalue weighted by Gasteiger charge is -2.45. The zero-order valence-electron chi connectivity index (χ0n) is 26.6. The van der Waals surface area contributed by atoms with E-state index in [0.29, 0.717) is 11.3 Å². The van der Waals surface area contributed by atoms with Crippen molar-refractivity contribution in [3.63, 3.8) is 0 Å². The summed E-state index contributed by atoms with van der Waals surface area (Å²) in [4.78, 5) is 14.3. The van der Waals surface area contributed by atoms with Crippen molar-refractivity contribution >= 4 is 11.0 Å². The van der Waals surface area contributed by atoms with E-state index in [-0.39, 0.29) is 34.5 Å². The molecule has 8 N–H and O–H groups in total. The second-order valence-electron chi connectivity index (χ2n) is 12.0. The molecule has 3 aromatic rings. The predicted octanol–water partition coefficient (Wildman–Crippen LogP) is 0.419. The number of phenolic OH excluding ortho intramolecular Hbond substituents is 2. The van der Waals surface area contributed by atoms with E-state index in [1.165, 1.54) is 14.0 Å². The summed E-state index contributed by atoms with van der Waals surface area (Å²) in [6.07, 6.45) is -14.4. The van der Waals surface area contributed by atoms with Gasteiger partial charge in [-0.2, -0.15) is 0 Å². The van der Waals surface area contributed by atoms with Gasteiger partial charge in [0.2, 0.25) is 17.5 Å². The van der Waals surface area contributed by atoms with Gasteiger partial charge in [0.25, 0.3) is 0 Å². The highest BCUT2D eigenvalue weighted by atomic mass is 16.8. The van der Waals surface area contributed by atoms with E-state index >= 15 is 0 Å². The van der Waals surface area contributed by atoms with Crippen molar-refractivity contribution in [3.05, 3.63) is 57.8 Å². The van der Waals surface area contributed by atoms with Crippen LogP contribution in [0.15, 0.2) is 51.2 Å². The maximum atomic E-state index is 14.3. The molecule has 10 atom stereocenters. The van der Waals surface area contributed by atoms with E-state index in [4.69, 9.17) is 28.1 Å². The Morgan fingerprint density at radius 3 is 2.21 bits per heavy atom. The molecule has 15 heteroatoms. The Hall–Kier alpha value is -3.77. The van der Waals surface area contributed by atoms with E-state index in [2.05, 4.69) is 0 Å². The van der Waals surface area contributed by atoms with Crippen LogP contribution in [-0.4, -0.2) is 116 Å². The van der Waals surface area contributed by atoms with Crippen molar-refractivity contribution in [3.8, 4) is 34.3 Å². The third kappa shape index (κ3) is 6.74. The SMILES string of the molecule is COc1ccc(-c2oc3c(CC=C(C)C)c(O)cc(O)c3c(=O)c2O[C@H]2O[C@@H](C)[C@@H](O)[C@H](O)[C@@H]2O[C@@H]2O[C@H](CO)[C@@H](O)[C@H](O)[C@H]2O)cc1. The van der Waals surface area contributed by atoms with Gasteiger partial charge in [-0.1, -0.05) is 11.6 Å². The van der Waals surface area contributed by atoms with Gasteiger partial charge in [-0.3, -0.25) is 4.79 Å². The summed E-state index contributed by atoms with van der Waals surface area (Å²) < 4.78 is 34.6. The quantitative estimate of drug-likeness (QED) is 0.143. The first-order chi connectivity index (χ1) is 22.8. The van der Waals surface area contributed by atoms with Crippen LogP contribution in [0.4, 0.5) is 0 Å². The summed E-state index contributed by atoms with van der Waals surface area (Å²) in [5.41, 5.74) is 0.434. The van der Waals surface area contributed by atoms with Crippen molar-refractivity contribution < 1.29 is 69.0 Å². The summed E-state index contributed by atoms with van der Waals surface area (Å²) >= 11 is 0. The van der Waals surface area contributed by atoms with Gasteiger partial charge in [-0.25, -0.2) is 0 Å². The first kappa shape index (κ1) is 35.5. The number of fused-ring (bicyclic) bond motifs is 1. The number of phenols is 2. The molecule has 0 bridgehead atoms. The maximum absolute atomic E-state index is 14.3. The van der Waals surface area contributed by atoms with Crippen LogP contribution in [0.2, 0.25) is 0 Å². The molecule has 2 aromatic carbocycles. The van der Waals surface area contributed by atoms with Gasteiger partial charge in [0.15, 0.2) is 18.2 Å². The number of methoxy groups -OCH3 is 1. The third-order valence-electron chi connectivity index (χ3n) is 8.41. The molecule has 0 aliphatic carbocycles. The molecule has 0 saturated carbocycles. The van der Waals surface area contributed by atoms with E-state index in [1.54, 1.807) is 30.3 Å². The van der Waals surface area contributed by atoms with Crippen molar-refractivity contribution in [2.75, 3.05) is 13.7 Å². The number of ether oxygens (including phenoxy) is 5. The van der Waals surface area contributed by atoms with Gasteiger partial charge in [-0.15, -0.1) is 0 Å². The zero-order valence-corrected chi connectivity index (χ0v) is 26.6. The van der Waals surface area contributed by atoms with E-state index < -0.39 is 84.9 Å². The lowest BCUT2D eigenvalue weighted by atomic mass is 9.97. The second kappa shape index (κ2) is 14.4. The van der Waals surface area contributed by atoms with Crippen LogP contribution < -0.4 is 14.9 Å². The average molecular weight is 677 g/mol. The lowest BCUT2D eigenvalue weighted by Crippen LogP contribution is -2.64. The number of aromatic hydroxyl groups is 2. The molecule has 2 aliphatic rings. The molecule has 0 amide bonds. The smallest absolute Gasteiger partial charge is 0.239 e. The van der Waals surface area contributed by atoms with Crippen LogP contribution in [0.3, 0.4) is 0 Å². The fourth-order valence-electron chi connectivity index (χ4n) is 5.61. The molecule has 2 aliphatic heterocycles. The molecule has 2 fully saturated rings. The minimum atomic E-state index is -1.88. The first-order valence-corrected chi connectivity index (χ1v) is 15.2. The normalized spacial score (nSPS) is 30.6. The molecule has 0 radical (unpaired) electrons. The van der Waals surface area contributed by atoms with Gasteiger partial charge in [0.05, 0.1) is 19.8 Å². The molecule has 2 saturated heterocycles. The minimum Gasteiger partial charge on any atom is -0.507 e. The Bertz CT molecular complexity index is 1680. The van der Waals surface area contributed by atoms with Crippen molar-refractivity contribution in [2.45, 2.75) is 88.6 Å². The second-order valence-corrected chi connectivity index (χ2v) is 12.0. The fraction of sp³-hybridized carbons (Fsp3) is 0.485. The van der Waals surface area contributed by atoms with Gasteiger partial charge < -0.3 is 69.0 Å². The highest BCUT2D eigenvalue weighted by Crippen LogP contribution is 2.41. The Morgan fingerprint density at radius 2 is 1.58 bits per heavy atom. The van der Waals surface area contributed by atoms with Crippen LogP contribution >= 0.6 is 0 Å². The lowest BCUT2D eigenvalue weighted by molar-refractivity contribution is -0.355. The molecule has 48 heavy (non-hydrogen) atoms. The summed E-state index contributed by atoms with van der Waals surface area (Å²) in [6.45, 7) is 4.37. The number of allylic oxidation sites excluding steroid dienone is 2. The van der Waals surface area contributed by atoms with Gasteiger partial charge >= 0.3 is 0 Å². The van der Waals surface area contributed by atoms with E-state index in [9.17, 15) is 45.6 Å².